The molecule has 0 aliphatic carbocycles. The van der Waals surface area contributed by atoms with Crippen LogP contribution in [0.15, 0.2) is 59.0 Å². The molecule has 0 atom stereocenters. The molecule has 8 nitrogen and oxygen atoms in total. The Hall–Kier alpha value is -3.91. The number of anilines is 2. The van der Waals surface area contributed by atoms with Crippen molar-refractivity contribution in [2.45, 2.75) is 26.4 Å². The smallest absolute Gasteiger partial charge is 0.335 e. The number of nitrogens with zero attached hydrogens (tertiary/aromatic N) is 2. The Morgan fingerprint density at radius 1 is 1.15 bits per heavy atom. The molecule has 0 radical (unpaired) electrons. The first-order valence-electron chi connectivity index (χ1n) is 11.1. The van der Waals surface area contributed by atoms with Crippen LogP contribution in [0.3, 0.4) is 0 Å². The maximum Gasteiger partial charge on any atom is 0.335 e. The number of ether oxygens (including phenoxy) is 1. The van der Waals surface area contributed by atoms with Crippen molar-refractivity contribution in [3.8, 4) is 0 Å². The molecule has 2 aromatic carbocycles. The molecule has 0 spiro atoms. The molecule has 0 fully saturated rings. The number of carboxylic acids is 1. The van der Waals surface area contributed by atoms with Gasteiger partial charge in [-0.1, -0.05) is 18.2 Å². The first-order valence-corrected chi connectivity index (χ1v) is 11.1. The van der Waals surface area contributed by atoms with Gasteiger partial charge in [0, 0.05) is 24.6 Å². The van der Waals surface area contributed by atoms with Crippen LogP contribution in [0.4, 0.5) is 11.4 Å². The summed E-state index contributed by atoms with van der Waals surface area (Å²) < 4.78 is 11.3. The molecule has 8 heteroatoms. The van der Waals surface area contributed by atoms with Gasteiger partial charge in [0.25, 0.3) is 5.91 Å². The second-order valence-corrected chi connectivity index (χ2v) is 8.27. The van der Waals surface area contributed by atoms with Crippen molar-refractivity contribution in [3.63, 3.8) is 0 Å². The van der Waals surface area contributed by atoms with Crippen molar-refractivity contribution in [3.05, 3.63) is 65.9 Å². The third-order valence-electron chi connectivity index (χ3n) is 5.48. The number of hydrogen-bond acceptors (Lipinski definition) is 5. The summed E-state index contributed by atoms with van der Waals surface area (Å²) >= 11 is 0. The molecule has 4 rings (SSSR count). The Morgan fingerprint density at radius 2 is 1.94 bits per heavy atom. The molecule has 176 valence electrons. The summed E-state index contributed by atoms with van der Waals surface area (Å²) in [6.45, 7) is 4.59. The van der Waals surface area contributed by atoms with Gasteiger partial charge in [-0.15, -0.1) is 0 Å². The van der Waals surface area contributed by atoms with Crippen molar-refractivity contribution in [2.24, 2.45) is 0 Å². The van der Waals surface area contributed by atoms with E-state index in [1.807, 2.05) is 44.2 Å². The second kappa shape index (κ2) is 9.93. The predicted molar refractivity (Wildman–Crippen MR) is 129 cm³/mol. The zero-order valence-corrected chi connectivity index (χ0v) is 19.1. The van der Waals surface area contributed by atoms with Gasteiger partial charge in [-0.25, -0.2) is 4.79 Å². The van der Waals surface area contributed by atoms with E-state index >= 15 is 0 Å². The molecular formula is C26H26N2O6. The lowest BCUT2D eigenvalue weighted by Gasteiger charge is -2.36. The van der Waals surface area contributed by atoms with Gasteiger partial charge in [0.15, 0.2) is 0 Å². The summed E-state index contributed by atoms with van der Waals surface area (Å²) in [6.07, 6.45) is 3.58. The zero-order chi connectivity index (χ0) is 24.2. The highest BCUT2D eigenvalue weighted by Gasteiger charge is 2.32. The van der Waals surface area contributed by atoms with E-state index in [9.17, 15) is 19.5 Å². The number of carboxylic acid groups (broad SMARTS) is 1. The summed E-state index contributed by atoms with van der Waals surface area (Å²) in [7, 11) is 0. The minimum absolute atomic E-state index is 0.0373. The highest BCUT2D eigenvalue weighted by atomic mass is 16.5. The summed E-state index contributed by atoms with van der Waals surface area (Å²) in [5, 5.41) is 10.4. The normalized spacial score (nSPS) is 13.8. The van der Waals surface area contributed by atoms with Crippen LogP contribution < -0.4 is 9.80 Å². The maximum absolute atomic E-state index is 13.1. The van der Waals surface area contributed by atoms with E-state index in [0.29, 0.717) is 42.3 Å². The van der Waals surface area contributed by atoms with Crippen molar-refractivity contribution in [1.82, 2.24) is 0 Å². The van der Waals surface area contributed by atoms with E-state index in [0.717, 1.165) is 5.39 Å². The number of carbonyl (C=O) groups excluding carboxylic acids is 2. The number of para-hydroxylation sites is 1. The monoisotopic (exact) mass is 462 g/mol. The van der Waals surface area contributed by atoms with Crippen LogP contribution in [-0.2, 0) is 14.3 Å². The topological polar surface area (TPSA) is 100 Å². The number of carbonyl (C=O) groups is 3. The van der Waals surface area contributed by atoms with Gasteiger partial charge in [0.2, 0.25) is 5.91 Å². The Bertz CT molecular complexity index is 1230. The van der Waals surface area contributed by atoms with Crippen LogP contribution in [0.25, 0.3) is 17.0 Å². The van der Waals surface area contributed by atoms with Crippen molar-refractivity contribution in [2.75, 3.05) is 29.5 Å². The molecule has 1 aromatic heterocycles. The molecule has 34 heavy (non-hydrogen) atoms. The van der Waals surface area contributed by atoms with E-state index < -0.39 is 11.9 Å². The Labute approximate surface area is 197 Å². The number of furan rings is 1. The third-order valence-corrected chi connectivity index (χ3v) is 5.48. The molecule has 0 bridgehead atoms. The van der Waals surface area contributed by atoms with Crippen LogP contribution in [0.5, 0.6) is 0 Å². The molecule has 1 aliphatic heterocycles. The van der Waals surface area contributed by atoms with Gasteiger partial charge in [-0.2, -0.15) is 0 Å². The Morgan fingerprint density at radius 3 is 2.68 bits per heavy atom. The van der Waals surface area contributed by atoms with E-state index in [2.05, 4.69) is 0 Å². The molecular weight excluding hydrogens is 436 g/mol. The minimum atomic E-state index is -1.11. The van der Waals surface area contributed by atoms with Crippen LogP contribution >= 0.6 is 0 Å². The van der Waals surface area contributed by atoms with Crippen molar-refractivity contribution < 1.29 is 28.6 Å². The number of rotatable bonds is 8. The van der Waals surface area contributed by atoms with E-state index in [1.54, 1.807) is 17.0 Å². The first-order chi connectivity index (χ1) is 16.3. The lowest BCUT2D eigenvalue weighted by Crippen LogP contribution is -2.48. The van der Waals surface area contributed by atoms with E-state index in [4.69, 9.17) is 9.15 Å². The number of fused-ring (bicyclic) bond motifs is 2. The molecule has 0 unspecified atom stereocenters. The lowest BCUT2D eigenvalue weighted by atomic mass is 10.1. The molecule has 0 saturated carbocycles. The third kappa shape index (κ3) is 5.02. The molecule has 1 aliphatic rings. The highest BCUT2D eigenvalue weighted by Crippen LogP contribution is 2.35. The summed E-state index contributed by atoms with van der Waals surface area (Å²) in [5.74, 6) is -1.29. The SMILES string of the molecule is CC(C)OCCCN1C(=O)CN(C(=O)/C=C/c2cc3ccccc3o2)c2cc(C(=O)O)ccc21. The molecule has 2 amide bonds. The van der Waals surface area contributed by atoms with Gasteiger partial charge in [-0.3, -0.25) is 14.5 Å². The van der Waals surface area contributed by atoms with Gasteiger partial charge in [0.1, 0.15) is 17.9 Å². The van der Waals surface area contributed by atoms with Crippen LogP contribution in [-0.4, -0.2) is 48.7 Å². The van der Waals surface area contributed by atoms with Crippen LogP contribution in [0, 0.1) is 0 Å². The van der Waals surface area contributed by atoms with Crippen LogP contribution in [0.1, 0.15) is 36.4 Å². The number of hydrogen-bond donors (Lipinski definition) is 1. The van der Waals surface area contributed by atoms with Crippen molar-refractivity contribution >= 4 is 46.2 Å². The first kappa shape index (κ1) is 23.3. The molecule has 3 aromatic rings. The lowest BCUT2D eigenvalue weighted by molar-refractivity contribution is -0.120. The zero-order valence-electron chi connectivity index (χ0n) is 19.1. The minimum Gasteiger partial charge on any atom is -0.478 e. The number of amides is 2. The predicted octanol–water partition coefficient (Wildman–Crippen LogP) is 4.34. The van der Waals surface area contributed by atoms with Gasteiger partial charge < -0.3 is 19.2 Å². The van der Waals surface area contributed by atoms with Gasteiger partial charge in [-0.05, 0) is 56.7 Å². The van der Waals surface area contributed by atoms with Crippen LogP contribution in [0.2, 0.25) is 0 Å². The molecule has 0 saturated heterocycles. The Balaban J connectivity index is 1.59. The highest BCUT2D eigenvalue weighted by molar-refractivity contribution is 6.15. The molecule has 2 heterocycles. The van der Waals surface area contributed by atoms with Gasteiger partial charge in [0.05, 0.1) is 23.0 Å². The Kier molecular flexibility index (Phi) is 6.79. The summed E-state index contributed by atoms with van der Waals surface area (Å²) in [6, 6.07) is 13.8. The second-order valence-electron chi connectivity index (χ2n) is 8.27. The average molecular weight is 463 g/mol. The van der Waals surface area contributed by atoms with Gasteiger partial charge >= 0.3 is 5.97 Å². The standard InChI is InChI=1S/C26H26N2O6/c1-17(2)33-13-5-12-27-21-10-8-19(26(31)32)15-22(21)28(16-25(27)30)24(29)11-9-20-14-18-6-3-4-7-23(18)34-20/h3-4,6-11,14-15,17H,5,12-13,16H2,1-2H3,(H,31,32)/b11-9+. The summed E-state index contributed by atoms with van der Waals surface area (Å²) in [5.41, 5.74) is 1.62. The van der Waals surface area contributed by atoms with E-state index in [1.165, 1.54) is 23.1 Å². The largest absolute Gasteiger partial charge is 0.478 e. The fourth-order valence-electron chi connectivity index (χ4n) is 3.85. The molecule has 1 N–H and O–H groups in total. The fraction of sp³-hybridized carbons (Fsp3) is 0.269. The quantitative estimate of drug-likeness (QED) is 0.395. The number of benzene rings is 2. The number of aromatic carboxylic acids is 1. The summed E-state index contributed by atoms with van der Waals surface area (Å²) in [4.78, 5) is 40.4. The van der Waals surface area contributed by atoms with E-state index in [-0.39, 0.29) is 24.1 Å². The maximum atomic E-state index is 13.1. The van der Waals surface area contributed by atoms with Crippen molar-refractivity contribution in [1.29, 1.82) is 0 Å². The fourth-order valence-corrected chi connectivity index (χ4v) is 3.85. The average Bonchev–Trinajstić information content (AvgIpc) is 3.23.